The number of rotatable bonds is 7. The molecule has 0 aromatic heterocycles. The lowest BCUT2D eigenvalue weighted by Gasteiger charge is -2.10. The highest BCUT2D eigenvalue weighted by Crippen LogP contribution is 2.17. The van der Waals surface area contributed by atoms with E-state index in [4.69, 9.17) is 5.14 Å². The molecule has 0 saturated heterocycles. The Morgan fingerprint density at radius 2 is 1.35 bits per heavy atom. The van der Waals surface area contributed by atoms with Crippen LogP contribution in [-0.4, -0.2) is 22.7 Å². The first-order valence-electron chi connectivity index (χ1n) is 9.14. The van der Waals surface area contributed by atoms with E-state index in [0.29, 0.717) is 11.3 Å². The molecular formula is C21H21N3O5S2. The van der Waals surface area contributed by atoms with E-state index >= 15 is 0 Å². The molecule has 3 aromatic carbocycles. The summed E-state index contributed by atoms with van der Waals surface area (Å²) in [6.07, 6.45) is 0. The lowest BCUT2D eigenvalue weighted by Crippen LogP contribution is -2.23. The summed E-state index contributed by atoms with van der Waals surface area (Å²) in [7, 11) is -7.55. The van der Waals surface area contributed by atoms with Crippen LogP contribution in [0.25, 0.3) is 0 Å². The van der Waals surface area contributed by atoms with Gasteiger partial charge in [0.1, 0.15) is 0 Å². The van der Waals surface area contributed by atoms with Crippen LogP contribution in [-0.2, 0) is 26.6 Å². The van der Waals surface area contributed by atoms with Crippen molar-refractivity contribution in [1.82, 2.24) is 5.32 Å². The second-order valence-electron chi connectivity index (χ2n) is 6.87. The predicted octanol–water partition coefficient (Wildman–Crippen LogP) is 2.37. The molecule has 0 fully saturated rings. The van der Waals surface area contributed by atoms with Crippen molar-refractivity contribution in [2.45, 2.75) is 23.3 Å². The summed E-state index contributed by atoms with van der Waals surface area (Å²) in [6, 6.07) is 18.3. The number of aryl methyl sites for hydroxylation is 1. The number of sulfonamides is 2. The molecule has 162 valence electrons. The Kier molecular flexibility index (Phi) is 6.44. The van der Waals surface area contributed by atoms with Gasteiger partial charge in [0.2, 0.25) is 10.0 Å². The molecule has 0 atom stereocenters. The molecule has 0 unspecified atom stereocenters. The van der Waals surface area contributed by atoms with E-state index in [9.17, 15) is 21.6 Å². The topological polar surface area (TPSA) is 135 Å². The molecule has 10 heteroatoms. The van der Waals surface area contributed by atoms with E-state index in [0.717, 1.165) is 5.56 Å². The minimum atomic E-state index is -3.78. The maximum Gasteiger partial charge on any atom is 0.261 e. The number of anilines is 1. The van der Waals surface area contributed by atoms with Crippen LogP contribution in [0.15, 0.2) is 82.6 Å². The molecule has 0 aliphatic carbocycles. The van der Waals surface area contributed by atoms with E-state index in [1.807, 2.05) is 6.92 Å². The van der Waals surface area contributed by atoms with Gasteiger partial charge in [-0.15, -0.1) is 0 Å². The first-order chi connectivity index (χ1) is 14.5. The third-order valence-electron chi connectivity index (χ3n) is 4.44. The monoisotopic (exact) mass is 459 g/mol. The Bertz CT molecular complexity index is 1280. The second kappa shape index (κ2) is 8.88. The fourth-order valence-electron chi connectivity index (χ4n) is 2.70. The molecule has 0 heterocycles. The zero-order valence-electron chi connectivity index (χ0n) is 16.6. The van der Waals surface area contributed by atoms with E-state index in [1.165, 1.54) is 36.4 Å². The highest BCUT2D eigenvalue weighted by atomic mass is 32.2. The van der Waals surface area contributed by atoms with Crippen LogP contribution in [0.5, 0.6) is 0 Å². The van der Waals surface area contributed by atoms with Crippen LogP contribution in [0.1, 0.15) is 21.5 Å². The van der Waals surface area contributed by atoms with Gasteiger partial charge < -0.3 is 5.32 Å². The van der Waals surface area contributed by atoms with Crippen molar-refractivity contribution >= 4 is 31.6 Å². The molecule has 4 N–H and O–H groups in total. The SMILES string of the molecule is Cc1ccc(NS(=O)(=O)c2ccc(C(=O)NCc3ccc(S(N)(=O)=O)cc3)cc2)cc1. The molecule has 3 rings (SSSR count). The van der Waals surface area contributed by atoms with E-state index < -0.39 is 26.0 Å². The van der Waals surface area contributed by atoms with Gasteiger partial charge in [-0.3, -0.25) is 9.52 Å². The summed E-state index contributed by atoms with van der Waals surface area (Å²) in [4.78, 5) is 12.4. The average molecular weight is 460 g/mol. The van der Waals surface area contributed by atoms with Crippen LogP contribution in [0, 0.1) is 6.92 Å². The van der Waals surface area contributed by atoms with Crippen molar-refractivity contribution in [1.29, 1.82) is 0 Å². The van der Waals surface area contributed by atoms with Gasteiger partial charge in [0.15, 0.2) is 0 Å². The van der Waals surface area contributed by atoms with Crippen LogP contribution in [0.4, 0.5) is 5.69 Å². The lowest BCUT2D eigenvalue weighted by molar-refractivity contribution is 0.0950. The zero-order valence-corrected chi connectivity index (χ0v) is 18.2. The number of hydrogen-bond donors (Lipinski definition) is 3. The Balaban J connectivity index is 1.63. The quantitative estimate of drug-likeness (QED) is 0.498. The van der Waals surface area contributed by atoms with Crippen LogP contribution < -0.4 is 15.2 Å². The number of nitrogens with one attached hydrogen (secondary N) is 2. The number of carbonyl (C=O) groups excluding carboxylic acids is 1. The summed E-state index contributed by atoms with van der Waals surface area (Å²) in [5, 5.41) is 7.74. The molecule has 0 spiro atoms. The number of benzene rings is 3. The smallest absolute Gasteiger partial charge is 0.261 e. The van der Waals surface area contributed by atoms with Crippen molar-refractivity contribution in [2.24, 2.45) is 5.14 Å². The van der Waals surface area contributed by atoms with Gasteiger partial charge in [-0.25, -0.2) is 22.0 Å². The lowest BCUT2D eigenvalue weighted by atomic mass is 10.2. The van der Waals surface area contributed by atoms with Gasteiger partial charge in [-0.05, 0) is 61.0 Å². The molecule has 0 aliphatic rings. The van der Waals surface area contributed by atoms with Gasteiger partial charge in [-0.2, -0.15) is 0 Å². The standard InChI is InChI=1S/C21H21N3O5S2/c1-15-2-8-18(9-3-15)24-31(28,29)20-12-6-17(7-13-20)21(25)23-14-16-4-10-19(11-5-16)30(22,26)27/h2-13,24H,14H2,1H3,(H,23,25)(H2,22,26,27). The highest BCUT2D eigenvalue weighted by molar-refractivity contribution is 7.92. The van der Waals surface area contributed by atoms with E-state index in [-0.39, 0.29) is 21.9 Å². The van der Waals surface area contributed by atoms with Crippen molar-refractivity contribution < 1.29 is 21.6 Å². The van der Waals surface area contributed by atoms with Crippen LogP contribution in [0.2, 0.25) is 0 Å². The largest absolute Gasteiger partial charge is 0.348 e. The maximum atomic E-state index is 12.5. The minimum Gasteiger partial charge on any atom is -0.348 e. The number of primary sulfonamides is 1. The third-order valence-corrected chi connectivity index (χ3v) is 6.76. The predicted molar refractivity (Wildman–Crippen MR) is 117 cm³/mol. The van der Waals surface area contributed by atoms with Gasteiger partial charge in [0.05, 0.1) is 9.79 Å². The number of amides is 1. The molecule has 0 radical (unpaired) electrons. The van der Waals surface area contributed by atoms with Crippen molar-refractivity contribution in [3.05, 3.63) is 89.5 Å². The third kappa shape index (κ3) is 5.91. The summed E-state index contributed by atoms with van der Waals surface area (Å²) in [5.74, 6) is -0.397. The van der Waals surface area contributed by atoms with Gasteiger partial charge in [0.25, 0.3) is 15.9 Å². The van der Waals surface area contributed by atoms with Crippen molar-refractivity contribution in [2.75, 3.05) is 4.72 Å². The van der Waals surface area contributed by atoms with Gasteiger partial charge >= 0.3 is 0 Å². The maximum absolute atomic E-state index is 12.5. The van der Waals surface area contributed by atoms with Crippen LogP contribution in [0.3, 0.4) is 0 Å². The minimum absolute atomic E-state index is 0.0152. The molecule has 1 amide bonds. The number of nitrogens with two attached hydrogens (primary N) is 1. The Labute approximate surface area is 181 Å². The van der Waals surface area contributed by atoms with Gasteiger partial charge in [-0.1, -0.05) is 29.8 Å². The fraction of sp³-hybridized carbons (Fsp3) is 0.0952. The fourth-order valence-corrected chi connectivity index (χ4v) is 4.28. The van der Waals surface area contributed by atoms with E-state index in [1.54, 1.807) is 36.4 Å². The molecule has 0 saturated carbocycles. The zero-order chi connectivity index (χ0) is 22.6. The molecule has 31 heavy (non-hydrogen) atoms. The van der Waals surface area contributed by atoms with Crippen molar-refractivity contribution in [3.63, 3.8) is 0 Å². The Morgan fingerprint density at radius 1 is 0.806 bits per heavy atom. The Hall–Kier alpha value is -3.21. The average Bonchev–Trinajstić information content (AvgIpc) is 2.73. The molecule has 0 bridgehead atoms. The number of hydrogen-bond acceptors (Lipinski definition) is 5. The Morgan fingerprint density at radius 3 is 1.90 bits per heavy atom. The summed E-state index contributed by atoms with van der Waals surface area (Å²) in [5.41, 5.74) is 2.43. The normalized spacial score (nSPS) is 11.7. The molecular weight excluding hydrogens is 438 g/mol. The first-order valence-corrected chi connectivity index (χ1v) is 12.2. The van der Waals surface area contributed by atoms with E-state index in [2.05, 4.69) is 10.0 Å². The second-order valence-corrected chi connectivity index (χ2v) is 10.1. The molecule has 0 aliphatic heterocycles. The van der Waals surface area contributed by atoms with Crippen molar-refractivity contribution in [3.8, 4) is 0 Å². The summed E-state index contributed by atoms with van der Waals surface area (Å²) in [6.45, 7) is 2.07. The molecule has 8 nitrogen and oxygen atoms in total. The summed E-state index contributed by atoms with van der Waals surface area (Å²) < 4.78 is 50.1. The highest BCUT2D eigenvalue weighted by Gasteiger charge is 2.15. The van der Waals surface area contributed by atoms with Crippen LogP contribution >= 0.6 is 0 Å². The van der Waals surface area contributed by atoms with Gasteiger partial charge in [0, 0.05) is 17.8 Å². The first kappa shape index (κ1) is 22.5. The molecule has 3 aromatic rings. The summed E-state index contributed by atoms with van der Waals surface area (Å²) >= 11 is 0. The number of carbonyl (C=O) groups is 1.